The molecular formula is C12H14ClNO5. The van der Waals surface area contributed by atoms with Crippen LogP contribution in [-0.2, 0) is 4.79 Å². The van der Waals surface area contributed by atoms with Gasteiger partial charge in [0.25, 0.3) is 0 Å². The Balaban J connectivity index is 0.00000180. The molecule has 1 saturated heterocycles. The first-order chi connectivity index (χ1) is 8.56. The van der Waals surface area contributed by atoms with Gasteiger partial charge in [0, 0.05) is 13.0 Å². The minimum absolute atomic E-state index is 0. The van der Waals surface area contributed by atoms with Crippen LogP contribution in [0.25, 0.3) is 0 Å². The Hall–Kier alpha value is -1.79. The molecule has 0 unspecified atom stereocenters. The van der Waals surface area contributed by atoms with Crippen molar-refractivity contribution in [1.29, 1.82) is 0 Å². The number of hydrogen-bond acceptors (Lipinski definition) is 4. The second kappa shape index (κ2) is 6.40. The third-order valence-electron chi connectivity index (χ3n) is 2.79. The van der Waals surface area contributed by atoms with E-state index in [-0.39, 0.29) is 24.1 Å². The lowest BCUT2D eigenvalue weighted by atomic mass is 10.2. The fourth-order valence-corrected chi connectivity index (χ4v) is 1.85. The van der Waals surface area contributed by atoms with E-state index < -0.39 is 18.0 Å². The van der Waals surface area contributed by atoms with Gasteiger partial charge in [0.05, 0.1) is 5.56 Å². The van der Waals surface area contributed by atoms with E-state index in [0.29, 0.717) is 18.7 Å². The molecule has 19 heavy (non-hydrogen) atoms. The molecule has 1 aliphatic rings. The Morgan fingerprint density at radius 1 is 1.21 bits per heavy atom. The average molecular weight is 288 g/mol. The van der Waals surface area contributed by atoms with E-state index in [9.17, 15) is 9.59 Å². The van der Waals surface area contributed by atoms with E-state index >= 15 is 0 Å². The smallest absolute Gasteiger partial charge is 0.335 e. The number of aromatic carboxylic acids is 1. The topological polar surface area (TPSA) is 95.9 Å². The van der Waals surface area contributed by atoms with Gasteiger partial charge in [-0.2, -0.15) is 0 Å². The van der Waals surface area contributed by atoms with Crippen molar-refractivity contribution in [2.24, 2.45) is 0 Å². The van der Waals surface area contributed by atoms with E-state index in [1.807, 2.05) is 0 Å². The van der Waals surface area contributed by atoms with Crippen LogP contribution < -0.4 is 10.1 Å². The van der Waals surface area contributed by atoms with Crippen LogP contribution in [0.3, 0.4) is 0 Å². The van der Waals surface area contributed by atoms with Crippen LogP contribution in [0.15, 0.2) is 24.3 Å². The summed E-state index contributed by atoms with van der Waals surface area (Å²) in [6.07, 6.45) is 0.192. The first-order valence-corrected chi connectivity index (χ1v) is 5.52. The van der Waals surface area contributed by atoms with Crippen molar-refractivity contribution in [2.45, 2.75) is 18.6 Å². The van der Waals surface area contributed by atoms with Gasteiger partial charge in [-0.1, -0.05) is 0 Å². The Morgan fingerprint density at radius 3 is 2.32 bits per heavy atom. The minimum Gasteiger partial charge on any atom is -0.489 e. The van der Waals surface area contributed by atoms with Crippen LogP contribution in [0.5, 0.6) is 5.75 Å². The zero-order chi connectivity index (χ0) is 13.1. The monoisotopic (exact) mass is 287 g/mol. The lowest BCUT2D eigenvalue weighted by molar-refractivity contribution is -0.139. The fourth-order valence-electron chi connectivity index (χ4n) is 1.85. The molecule has 2 atom stereocenters. The lowest BCUT2D eigenvalue weighted by Crippen LogP contribution is -2.30. The molecule has 0 spiro atoms. The van der Waals surface area contributed by atoms with Crippen molar-refractivity contribution in [1.82, 2.24) is 5.32 Å². The molecule has 0 amide bonds. The maximum absolute atomic E-state index is 10.7. The number of nitrogens with one attached hydrogen (secondary N) is 1. The van der Waals surface area contributed by atoms with Gasteiger partial charge < -0.3 is 20.3 Å². The van der Waals surface area contributed by atoms with Crippen LogP contribution in [0.4, 0.5) is 0 Å². The SMILES string of the molecule is Cl.O=C(O)c1ccc(O[C@@H]2CN[C@H](C(=O)O)C2)cc1. The second-order valence-corrected chi connectivity index (χ2v) is 4.10. The highest BCUT2D eigenvalue weighted by atomic mass is 35.5. The predicted octanol–water partition coefficient (Wildman–Crippen LogP) is 1.00. The zero-order valence-electron chi connectivity index (χ0n) is 9.91. The first-order valence-electron chi connectivity index (χ1n) is 5.52. The molecule has 1 aliphatic heterocycles. The number of carboxylic acid groups (broad SMARTS) is 2. The van der Waals surface area contributed by atoms with E-state index in [1.165, 1.54) is 12.1 Å². The zero-order valence-corrected chi connectivity index (χ0v) is 10.7. The Bertz CT molecular complexity index is 462. The van der Waals surface area contributed by atoms with E-state index in [1.54, 1.807) is 12.1 Å². The highest BCUT2D eigenvalue weighted by Gasteiger charge is 2.30. The van der Waals surface area contributed by atoms with Gasteiger partial charge in [-0.3, -0.25) is 4.79 Å². The Morgan fingerprint density at radius 2 is 1.84 bits per heavy atom. The highest BCUT2D eigenvalue weighted by Crippen LogP contribution is 2.18. The number of rotatable bonds is 4. The van der Waals surface area contributed by atoms with Crippen molar-refractivity contribution in [3.8, 4) is 5.75 Å². The average Bonchev–Trinajstić information content (AvgIpc) is 2.78. The van der Waals surface area contributed by atoms with E-state index in [4.69, 9.17) is 14.9 Å². The van der Waals surface area contributed by atoms with Gasteiger partial charge in [-0.25, -0.2) is 4.79 Å². The molecule has 1 fully saturated rings. The van der Waals surface area contributed by atoms with Crippen molar-refractivity contribution >= 4 is 24.3 Å². The van der Waals surface area contributed by atoms with Crippen LogP contribution in [0.2, 0.25) is 0 Å². The highest BCUT2D eigenvalue weighted by molar-refractivity contribution is 5.87. The van der Waals surface area contributed by atoms with Crippen molar-refractivity contribution in [3.63, 3.8) is 0 Å². The molecule has 0 aliphatic carbocycles. The molecule has 7 heteroatoms. The fraction of sp³-hybridized carbons (Fsp3) is 0.333. The van der Waals surface area contributed by atoms with E-state index in [0.717, 1.165) is 0 Å². The molecule has 3 N–H and O–H groups in total. The summed E-state index contributed by atoms with van der Waals surface area (Å²) in [6.45, 7) is 0.470. The predicted molar refractivity (Wildman–Crippen MR) is 69.1 cm³/mol. The molecule has 2 rings (SSSR count). The largest absolute Gasteiger partial charge is 0.489 e. The van der Waals surface area contributed by atoms with Gasteiger partial charge in [-0.05, 0) is 24.3 Å². The molecule has 1 aromatic carbocycles. The molecule has 6 nitrogen and oxygen atoms in total. The lowest BCUT2D eigenvalue weighted by Gasteiger charge is -2.12. The van der Waals surface area contributed by atoms with Crippen LogP contribution >= 0.6 is 12.4 Å². The normalized spacial score (nSPS) is 21.5. The summed E-state index contributed by atoms with van der Waals surface area (Å²) in [5.74, 6) is -1.34. The maximum atomic E-state index is 10.7. The summed E-state index contributed by atoms with van der Waals surface area (Å²) < 4.78 is 5.57. The third-order valence-corrected chi connectivity index (χ3v) is 2.79. The number of ether oxygens (including phenoxy) is 1. The number of benzene rings is 1. The quantitative estimate of drug-likeness (QED) is 0.764. The van der Waals surface area contributed by atoms with Crippen LogP contribution in [-0.4, -0.2) is 40.8 Å². The molecule has 104 valence electrons. The minimum atomic E-state index is -0.991. The molecular weight excluding hydrogens is 274 g/mol. The molecule has 0 saturated carbocycles. The number of aliphatic carboxylic acids is 1. The molecule has 0 radical (unpaired) electrons. The van der Waals surface area contributed by atoms with Crippen molar-refractivity contribution in [2.75, 3.05) is 6.54 Å². The van der Waals surface area contributed by atoms with Crippen LogP contribution in [0, 0.1) is 0 Å². The number of halogens is 1. The van der Waals surface area contributed by atoms with E-state index in [2.05, 4.69) is 5.32 Å². The second-order valence-electron chi connectivity index (χ2n) is 4.10. The third kappa shape index (κ3) is 3.84. The van der Waals surface area contributed by atoms with Gasteiger partial charge in [-0.15, -0.1) is 12.4 Å². The summed E-state index contributed by atoms with van der Waals surface area (Å²) in [5.41, 5.74) is 0.190. The summed E-state index contributed by atoms with van der Waals surface area (Å²) in [7, 11) is 0. The van der Waals surface area contributed by atoms with Gasteiger partial charge in [0.2, 0.25) is 0 Å². The standard InChI is InChI=1S/C12H13NO5.ClH/c14-11(15)7-1-3-8(4-2-7)18-9-5-10(12(16)17)13-6-9;/h1-4,9-10,13H,5-6H2,(H,14,15)(H,16,17);1H/t9-,10-;/m0./s1. The first kappa shape index (κ1) is 15.3. The molecule has 0 aromatic heterocycles. The van der Waals surface area contributed by atoms with Crippen LogP contribution in [0.1, 0.15) is 16.8 Å². The number of hydrogen-bond donors (Lipinski definition) is 3. The summed E-state index contributed by atoms with van der Waals surface area (Å²) in [5, 5.41) is 20.4. The number of carboxylic acids is 2. The number of carbonyl (C=O) groups is 2. The van der Waals surface area contributed by atoms with Gasteiger partial charge in [0.15, 0.2) is 0 Å². The van der Waals surface area contributed by atoms with Crippen molar-refractivity contribution in [3.05, 3.63) is 29.8 Å². The Labute approximate surface area is 115 Å². The summed E-state index contributed by atoms with van der Waals surface area (Å²) in [6, 6.07) is 5.46. The van der Waals surface area contributed by atoms with Gasteiger partial charge in [0.1, 0.15) is 17.9 Å². The Kier molecular flexibility index (Phi) is 5.14. The summed E-state index contributed by atoms with van der Waals surface area (Å²) in [4.78, 5) is 21.4. The summed E-state index contributed by atoms with van der Waals surface area (Å²) >= 11 is 0. The maximum Gasteiger partial charge on any atom is 0.335 e. The van der Waals surface area contributed by atoms with Gasteiger partial charge >= 0.3 is 11.9 Å². The molecule has 1 aromatic rings. The van der Waals surface area contributed by atoms with Crippen molar-refractivity contribution < 1.29 is 24.5 Å². The molecule has 1 heterocycles. The molecule has 0 bridgehead atoms.